The lowest BCUT2D eigenvalue weighted by atomic mass is 9.90. The Morgan fingerprint density at radius 3 is 2.19 bits per heavy atom. The molecular weight excluding hydrogens is 643 g/mol. The Balaban J connectivity index is 1.20. The van der Waals surface area contributed by atoms with Gasteiger partial charge in [-0.2, -0.15) is 0 Å². The van der Waals surface area contributed by atoms with Crippen LogP contribution in [0.3, 0.4) is 0 Å². The summed E-state index contributed by atoms with van der Waals surface area (Å²) in [5, 5.41) is 2.30. The first-order valence-electron chi connectivity index (χ1n) is 17.9. The Morgan fingerprint density at radius 2 is 1.38 bits per heavy atom. The topological polar surface area (TPSA) is 38.7 Å². The summed E-state index contributed by atoms with van der Waals surface area (Å²) in [6.07, 6.45) is 24.4. The molecule has 0 bridgehead atoms. The van der Waals surface area contributed by atoms with Crippen molar-refractivity contribution in [3.05, 3.63) is 192 Å². The van der Waals surface area contributed by atoms with Crippen LogP contribution in [-0.4, -0.2) is 15.0 Å². The minimum Gasteiger partial charge on any atom is -0.263 e. The molecule has 0 radical (unpaired) electrons. The van der Waals surface area contributed by atoms with Crippen molar-refractivity contribution in [2.24, 2.45) is 0 Å². The van der Waals surface area contributed by atoms with Crippen LogP contribution >= 0.6 is 0 Å². The van der Waals surface area contributed by atoms with Crippen LogP contribution in [0, 0.1) is 12.3 Å². The number of benzene rings is 5. The summed E-state index contributed by atoms with van der Waals surface area (Å²) in [5.41, 5.74) is 13.6. The molecule has 0 N–H and O–H groups in total. The maximum atomic E-state index is 5.77. The molecule has 2 aromatic heterocycles. The van der Waals surface area contributed by atoms with Gasteiger partial charge in [0.25, 0.3) is 0 Å². The average molecular weight is 680 g/mol. The lowest BCUT2D eigenvalue weighted by Crippen LogP contribution is -1.99. The zero-order valence-corrected chi connectivity index (χ0v) is 29.7. The highest BCUT2D eigenvalue weighted by atomic mass is 14.9. The summed E-state index contributed by atoms with van der Waals surface area (Å²) in [6, 6.07) is 42.5. The minimum atomic E-state index is 0.192. The number of aromatic nitrogens is 3. The summed E-state index contributed by atoms with van der Waals surface area (Å²) >= 11 is 0. The second-order valence-electron chi connectivity index (χ2n) is 13.3. The van der Waals surface area contributed by atoms with Crippen molar-refractivity contribution in [1.82, 2.24) is 15.0 Å². The van der Waals surface area contributed by atoms with Gasteiger partial charge in [-0.1, -0.05) is 151 Å². The third kappa shape index (κ3) is 6.91. The molecular formula is C50H37N3. The number of rotatable bonds is 7. The predicted molar refractivity (Wildman–Crippen MR) is 222 cm³/mol. The fourth-order valence-corrected chi connectivity index (χ4v) is 7.01. The molecule has 7 aromatic rings. The van der Waals surface area contributed by atoms with E-state index in [9.17, 15) is 0 Å². The van der Waals surface area contributed by atoms with E-state index in [2.05, 4.69) is 163 Å². The van der Waals surface area contributed by atoms with Crippen LogP contribution in [0.2, 0.25) is 0 Å². The maximum absolute atomic E-state index is 5.77. The van der Waals surface area contributed by atoms with Gasteiger partial charge < -0.3 is 0 Å². The quantitative estimate of drug-likeness (QED) is 0.157. The smallest absolute Gasteiger partial charge is 0.160 e. The lowest BCUT2D eigenvalue weighted by molar-refractivity contribution is 0.993. The SMILES string of the molecule is C#Cc1ccc(-c2ccc(-c3nc(-c4ccc(-c5cncc6ccccc56)cc4)cc(-c4cccc(C5C=CC=CC=C5C)c4)n3)cc2)cc1/C=C\C. The summed E-state index contributed by atoms with van der Waals surface area (Å²) in [4.78, 5) is 14.9. The third-order valence-corrected chi connectivity index (χ3v) is 9.83. The Kier molecular flexibility index (Phi) is 9.26. The van der Waals surface area contributed by atoms with Gasteiger partial charge >= 0.3 is 0 Å². The molecule has 8 rings (SSSR count). The highest BCUT2D eigenvalue weighted by molar-refractivity contribution is 5.96. The molecule has 0 fully saturated rings. The maximum Gasteiger partial charge on any atom is 0.160 e. The van der Waals surface area contributed by atoms with E-state index < -0.39 is 0 Å². The van der Waals surface area contributed by atoms with Crippen LogP contribution in [0.25, 0.3) is 73.0 Å². The second kappa shape index (κ2) is 14.8. The van der Waals surface area contributed by atoms with Gasteiger partial charge in [0.1, 0.15) is 0 Å². The normalized spacial score (nSPS) is 13.9. The fourth-order valence-electron chi connectivity index (χ4n) is 7.01. The summed E-state index contributed by atoms with van der Waals surface area (Å²) in [6.45, 7) is 4.19. The van der Waals surface area contributed by atoms with Gasteiger partial charge in [-0.05, 0) is 71.3 Å². The first-order valence-corrected chi connectivity index (χ1v) is 17.9. The molecule has 252 valence electrons. The van der Waals surface area contributed by atoms with Gasteiger partial charge in [-0.25, -0.2) is 9.97 Å². The van der Waals surface area contributed by atoms with Gasteiger partial charge in [0.15, 0.2) is 5.82 Å². The standard InChI is InChI=1S/C50H37N3/c1-4-12-40-29-41(28-19-35(40)5-2)36-20-26-39(27-21-36)50-52-48(38-24-22-37(23-25-38)47-33-51-32-44-14-9-10-18-46(44)47)31-49(53-50)43-16-11-15-42(30-43)45-17-8-6-7-13-34(45)3/h2,4,6-33,45H,1,3H3/b12-4-. The van der Waals surface area contributed by atoms with Crippen LogP contribution < -0.4 is 0 Å². The van der Waals surface area contributed by atoms with Gasteiger partial charge in [0.2, 0.25) is 0 Å². The van der Waals surface area contributed by atoms with E-state index in [0.717, 1.165) is 66.8 Å². The van der Waals surface area contributed by atoms with Crippen LogP contribution in [0.1, 0.15) is 36.5 Å². The highest BCUT2D eigenvalue weighted by Gasteiger charge is 2.16. The molecule has 3 nitrogen and oxygen atoms in total. The Morgan fingerprint density at radius 1 is 0.642 bits per heavy atom. The highest BCUT2D eigenvalue weighted by Crippen LogP contribution is 2.35. The third-order valence-electron chi connectivity index (χ3n) is 9.83. The van der Waals surface area contributed by atoms with Gasteiger partial charge in [-0.15, -0.1) is 6.42 Å². The minimum absolute atomic E-state index is 0.192. The van der Waals surface area contributed by atoms with Crippen molar-refractivity contribution in [2.75, 3.05) is 0 Å². The van der Waals surface area contributed by atoms with Crippen LogP contribution in [0.4, 0.5) is 0 Å². The van der Waals surface area contributed by atoms with Crippen molar-refractivity contribution in [3.63, 3.8) is 0 Å². The van der Waals surface area contributed by atoms with Gasteiger partial charge in [-0.3, -0.25) is 4.98 Å². The molecule has 0 amide bonds. The average Bonchev–Trinajstić information content (AvgIpc) is 3.44. The number of terminal acetylenes is 1. The van der Waals surface area contributed by atoms with E-state index in [1.165, 1.54) is 16.5 Å². The first-order chi connectivity index (χ1) is 26.1. The zero-order chi connectivity index (χ0) is 36.1. The van der Waals surface area contributed by atoms with Crippen molar-refractivity contribution >= 4 is 16.8 Å². The first kappa shape index (κ1) is 33.3. The van der Waals surface area contributed by atoms with Gasteiger partial charge in [0.05, 0.1) is 11.4 Å². The van der Waals surface area contributed by atoms with E-state index in [-0.39, 0.29) is 5.92 Å². The van der Waals surface area contributed by atoms with E-state index in [1.54, 1.807) is 0 Å². The van der Waals surface area contributed by atoms with Gasteiger partial charge in [0, 0.05) is 51.5 Å². The summed E-state index contributed by atoms with van der Waals surface area (Å²) < 4.78 is 0. The molecule has 0 aliphatic heterocycles. The van der Waals surface area contributed by atoms with Crippen molar-refractivity contribution in [2.45, 2.75) is 19.8 Å². The Hall–Kier alpha value is -6.89. The van der Waals surface area contributed by atoms with E-state index in [4.69, 9.17) is 16.4 Å². The van der Waals surface area contributed by atoms with Crippen LogP contribution in [0.15, 0.2) is 176 Å². The molecule has 1 aliphatic rings. The van der Waals surface area contributed by atoms with Crippen LogP contribution in [0.5, 0.6) is 0 Å². The molecule has 1 unspecified atom stereocenters. The predicted octanol–water partition coefficient (Wildman–Crippen LogP) is 12.5. The molecule has 3 heteroatoms. The largest absolute Gasteiger partial charge is 0.263 e. The number of nitrogens with zero attached hydrogens (tertiary/aromatic N) is 3. The summed E-state index contributed by atoms with van der Waals surface area (Å²) in [5.74, 6) is 3.66. The lowest BCUT2D eigenvalue weighted by Gasteiger charge is -2.15. The van der Waals surface area contributed by atoms with Crippen molar-refractivity contribution < 1.29 is 0 Å². The molecule has 1 atom stereocenters. The molecule has 2 heterocycles. The number of allylic oxidation sites excluding steroid dienone is 7. The zero-order valence-electron chi connectivity index (χ0n) is 29.7. The number of hydrogen-bond donors (Lipinski definition) is 0. The number of hydrogen-bond acceptors (Lipinski definition) is 3. The van der Waals surface area contributed by atoms with Crippen molar-refractivity contribution in [3.8, 4) is 68.5 Å². The second-order valence-corrected chi connectivity index (χ2v) is 13.3. The molecule has 1 aliphatic carbocycles. The van der Waals surface area contributed by atoms with E-state index >= 15 is 0 Å². The van der Waals surface area contributed by atoms with E-state index in [0.29, 0.717) is 5.82 Å². The molecule has 0 saturated carbocycles. The molecule has 0 spiro atoms. The Bertz CT molecular complexity index is 2630. The fraction of sp³-hybridized carbons (Fsp3) is 0.0600. The van der Waals surface area contributed by atoms with Crippen molar-refractivity contribution in [1.29, 1.82) is 0 Å². The monoisotopic (exact) mass is 679 g/mol. The van der Waals surface area contributed by atoms with E-state index in [1.807, 2.05) is 37.5 Å². The Labute approximate surface area is 311 Å². The summed E-state index contributed by atoms with van der Waals surface area (Å²) in [7, 11) is 0. The number of fused-ring (bicyclic) bond motifs is 1. The molecule has 5 aromatic carbocycles. The molecule has 53 heavy (non-hydrogen) atoms. The number of pyridine rings is 1. The van der Waals surface area contributed by atoms with Crippen LogP contribution in [-0.2, 0) is 0 Å². The molecule has 0 saturated heterocycles.